The smallest absolute Gasteiger partial charge is 0.229 e. The van der Waals surface area contributed by atoms with Gasteiger partial charge in [0.05, 0.1) is 12.7 Å². The van der Waals surface area contributed by atoms with Crippen LogP contribution in [0.3, 0.4) is 0 Å². The van der Waals surface area contributed by atoms with Crippen molar-refractivity contribution in [2.24, 2.45) is 0 Å². The lowest BCUT2D eigenvalue weighted by Crippen LogP contribution is -2.09. The summed E-state index contributed by atoms with van der Waals surface area (Å²) >= 11 is 0. The number of nitrogens with zero attached hydrogens (tertiary/aromatic N) is 1. The van der Waals surface area contributed by atoms with Gasteiger partial charge in [0.1, 0.15) is 0 Å². The summed E-state index contributed by atoms with van der Waals surface area (Å²) in [6.45, 7) is 0. The van der Waals surface area contributed by atoms with E-state index in [-0.39, 0.29) is 5.91 Å². The van der Waals surface area contributed by atoms with Crippen molar-refractivity contribution in [2.45, 2.75) is 6.42 Å². The molecule has 136 valence electrons. The zero-order valence-corrected chi connectivity index (χ0v) is 15.4. The van der Waals surface area contributed by atoms with E-state index < -0.39 is 10.0 Å². The molecule has 1 aromatic heterocycles. The first-order chi connectivity index (χ1) is 12.9. The second kappa shape index (κ2) is 6.51. The van der Waals surface area contributed by atoms with Crippen molar-refractivity contribution in [2.75, 3.05) is 16.3 Å². The molecule has 2 N–H and O–H groups in total. The van der Waals surface area contributed by atoms with Crippen molar-refractivity contribution in [1.82, 2.24) is 4.98 Å². The Morgan fingerprint density at radius 2 is 1.74 bits per heavy atom. The predicted molar refractivity (Wildman–Crippen MR) is 106 cm³/mol. The lowest BCUT2D eigenvalue weighted by molar-refractivity contribution is -0.115. The van der Waals surface area contributed by atoms with Gasteiger partial charge in [0.2, 0.25) is 15.9 Å². The van der Waals surface area contributed by atoms with E-state index in [1.807, 2.05) is 36.4 Å². The number of aromatic nitrogens is 1. The van der Waals surface area contributed by atoms with E-state index in [0.717, 1.165) is 39.8 Å². The fourth-order valence-electron chi connectivity index (χ4n) is 3.21. The Kier molecular flexibility index (Phi) is 4.16. The van der Waals surface area contributed by atoms with Crippen molar-refractivity contribution in [3.05, 3.63) is 66.5 Å². The number of anilines is 2. The summed E-state index contributed by atoms with van der Waals surface area (Å²) < 4.78 is 25.1. The highest BCUT2D eigenvalue weighted by Crippen LogP contribution is 2.34. The van der Waals surface area contributed by atoms with Crippen LogP contribution in [0.15, 0.2) is 60.9 Å². The van der Waals surface area contributed by atoms with Crippen LogP contribution in [0, 0.1) is 0 Å². The van der Waals surface area contributed by atoms with Crippen molar-refractivity contribution in [1.29, 1.82) is 0 Å². The van der Waals surface area contributed by atoms with Crippen LogP contribution in [-0.2, 0) is 21.2 Å². The molecule has 2 aromatic carbocycles. The topological polar surface area (TPSA) is 88.2 Å². The molecule has 6 nitrogen and oxygen atoms in total. The maximum atomic E-state index is 11.7. The number of sulfonamides is 1. The minimum absolute atomic E-state index is 0.00414. The largest absolute Gasteiger partial charge is 0.326 e. The van der Waals surface area contributed by atoms with Gasteiger partial charge in [0.25, 0.3) is 0 Å². The molecule has 0 unspecified atom stereocenters. The van der Waals surface area contributed by atoms with Gasteiger partial charge in [-0.2, -0.15) is 0 Å². The molecule has 0 saturated heterocycles. The first-order valence-electron chi connectivity index (χ1n) is 8.34. The molecule has 1 amide bonds. The number of hydrogen-bond donors (Lipinski definition) is 2. The SMILES string of the molecule is CS(=O)(=O)Nc1ccc(-c2cncc(-c3cccc4c3CC(=O)N4)c2)cc1. The summed E-state index contributed by atoms with van der Waals surface area (Å²) in [6, 6.07) is 14.9. The zero-order chi connectivity index (χ0) is 19.0. The van der Waals surface area contributed by atoms with E-state index in [1.165, 1.54) is 0 Å². The lowest BCUT2D eigenvalue weighted by atomic mass is 9.97. The number of amides is 1. The van der Waals surface area contributed by atoms with Gasteiger partial charge in [-0.1, -0.05) is 24.3 Å². The maximum Gasteiger partial charge on any atom is 0.229 e. The van der Waals surface area contributed by atoms with Crippen LogP contribution < -0.4 is 10.0 Å². The Morgan fingerprint density at radius 3 is 2.48 bits per heavy atom. The number of carbonyl (C=O) groups is 1. The Labute approximate surface area is 157 Å². The van der Waals surface area contributed by atoms with Crippen LogP contribution in [0.5, 0.6) is 0 Å². The number of nitrogens with one attached hydrogen (secondary N) is 2. The minimum atomic E-state index is -3.30. The summed E-state index contributed by atoms with van der Waals surface area (Å²) in [6.07, 6.45) is 5.02. The lowest BCUT2D eigenvalue weighted by Gasteiger charge is -2.10. The van der Waals surface area contributed by atoms with Crippen LogP contribution in [-0.4, -0.2) is 25.6 Å². The quantitative estimate of drug-likeness (QED) is 0.728. The second-order valence-electron chi connectivity index (χ2n) is 6.47. The van der Waals surface area contributed by atoms with Crippen LogP contribution in [0.25, 0.3) is 22.3 Å². The minimum Gasteiger partial charge on any atom is -0.326 e. The average molecular weight is 379 g/mol. The first kappa shape index (κ1) is 17.2. The third-order valence-corrected chi connectivity index (χ3v) is 4.96. The Hall–Kier alpha value is -3.19. The third kappa shape index (κ3) is 3.68. The fourth-order valence-corrected chi connectivity index (χ4v) is 3.77. The van der Waals surface area contributed by atoms with Crippen LogP contribution in [0.4, 0.5) is 11.4 Å². The first-order valence-corrected chi connectivity index (χ1v) is 10.2. The molecule has 0 fully saturated rings. The molecule has 0 spiro atoms. The van der Waals surface area contributed by atoms with Gasteiger partial charge >= 0.3 is 0 Å². The number of carbonyl (C=O) groups excluding carboxylic acids is 1. The van der Waals surface area contributed by atoms with E-state index in [0.29, 0.717) is 12.1 Å². The molecule has 27 heavy (non-hydrogen) atoms. The molecular formula is C20H17N3O3S. The van der Waals surface area contributed by atoms with Gasteiger partial charge in [-0.05, 0) is 41.0 Å². The maximum absolute atomic E-state index is 11.7. The number of rotatable bonds is 4. The highest BCUT2D eigenvalue weighted by molar-refractivity contribution is 7.92. The molecule has 0 bridgehead atoms. The van der Waals surface area contributed by atoms with Crippen LogP contribution >= 0.6 is 0 Å². The highest BCUT2D eigenvalue weighted by Gasteiger charge is 2.21. The van der Waals surface area contributed by atoms with Gasteiger partial charge in [0, 0.05) is 34.9 Å². The Bertz CT molecular complexity index is 1140. The standard InChI is InChI=1S/C20H17N3O3S/c1-27(25,26)23-16-7-5-13(6-8-16)14-9-15(12-21-11-14)17-3-2-4-19-18(17)10-20(24)22-19/h2-9,11-12,23H,10H2,1H3,(H,22,24). The second-order valence-corrected chi connectivity index (χ2v) is 8.22. The number of fused-ring (bicyclic) bond motifs is 1. The molecule has 1 aliphatic rings. The molecule has 7 heteroatoms. The zero-order valence-electron chi connectivity index (χ0n) is 14.6. The van der Waals surface area contributed by atoms with Gasteiger partial charge in [-0.3, -0.25) is 14.5 Å². The molecule has 0 atom stereocenters. The van der Waals surface area contributed by atoms with E-state index in [4.69, 9.17) is 0 Å². The predicted octanol–water partition coefficient (Wildman–Crippen LogP) is 3.28. The van der Waals surface area contributed by atoms with Gasteiger partial charge in [-0.25, -0.2) is 8.42 Å². The van der Waals surface area contributed by atoms with Crippen LogP contribution in [0.1, 0.15) is 5.56 Å². The summed E-state index contributed by atoms with van der Waals surface area (Å²) in [7, 11) is -3.30. The molecule has 1 aliphatic heterocycles. The van der Waals surface area contributed by atoms with Gasteiger partial charge in [0.15, 0.2) is 0 Å². The molecule has 4 rings (SSSR count). The number of hydrogen-bond acceptors (Lipinski definition) is 4. The van der Waals surface area contributed by atoms with Crippen molar-refractivity contribution < 1.29 is 13.2 Å². The Balaban J connectivity index is 1.68. The number of benzene rings is 2. The summed E-state index contributed by atoms with van der Waals surface area (Å²) in [5, 5.41) is 2.86. The summed E-state index contributed by atoms with van der Waals surface area (Å²) in [5.74, 6) is -0.00414. The van der Waals surface area contributed by atoms with Gasteiger partial charge < -0.3 is 5.32 Å². The monoisotopic (exact) mass is 379 g/mol. The third-order valence-electron chi connectivity index (χ3n) is 4.36. The van der Waals surface area contributed by atoms with E-state index in [9.17, 15) is 13.2 Å². The molecule has 0 saturated carbocycles. The molecule has 3 aromatic rings. The van der Waals surface area contributed by atoms with E-state index >= 15 is 0 Å². The molecule has 0 radical (unpaired) electrons. The van der Waals surface area contributed by atoms with Crippen molar-refractivity contribution in [3.8, 4) is 22.3 Å². The van der Waals surface area contributed by atoms with E-state index in [2.05, 4.69) is 15.0 Å². The van der Waals surface area contributed by atoms with Gasteiger partial charge in [-0.15, -0.1) is 0 Å². The van der Waals surface area contributed by atoms with E-state index in [1.54, 1.807) is 24.5 Å². The molecule has 0 aliphatic carbocycles. The average Bonchev–Trinajstić information content (AvgIpc) is 3.01. The number of pyridine rings is 1. The van der Waals surface area contributed by atoms with Crippen molar-refractivity contribution >= 4 is 27.3 Å². The summed E-state index contributed by atoms with van der Waals surface area (Å²) in [5.41, 5.74) is 6.08. The Morgan fingerprint density at radius 1 is 1.00 bits per heavy atom. The summed E-state index contributed by atoms with van der Waals surface area (Å²) in [4.78, 5) is 16.1. The van der Waals surface area contributed by atoms with Crippen molar-refractivity contribution in [3.63, 3.8) is 0 Å². The molecule has 2 heterocycles. The highest BCUT2D eigenvalue weighted by atomic mass is 32.2. The molecular weight excluding hydrogens is 362 g/mol. The fraction of sp³-hybridized carbons (Fsp3) is 0.100. The normalized spacial score (nSPS) is 13.1. The van der Waals surface area contributed by atoms with Crippen LogP contribution in [0.2, 0.25) is 0 Å².